The molecule has 4 heteroatoms. The Morgan fingerprint density at radius 3 is 2.41 bits per heavy atom. The summed E-state index contributed by atoms with van der Waals surface area (Å²) in [4.78, 5) is 23.0. The first kappa shape index (κ1) is 14.0. The smallest absolute Gasteiger partial charge is 0.310 e. The molecule has 0 aliphatic heterocycles. The van der Waals surface area contributed by atoms with Crippen LogP contribution < -0.4 is 0 Å². The number of carbonyl (C=O) groups is 2. The molecular formula is C13H22O4. The van der Waals surface area contributed by atoms with Crippen LogP contribution in [0.15, 0.2) is 0 Å². The van der Waals surface area contributed by atoms with Crippen molar-refractivity contribution in [3.8, 4) is 0 Å². The minimum absolute atomic E-state index is 0.108. The zero-order chi connectivity index (χ0) is 12.8. The van der Waals surface area contributed by atoms with Gasteiger partial charge in [0.15, 0.2) is 0 Å². The lowest BCUT2D eigenvalue weighted by atomic mass is 9.79. The van der Waals surface area contributed by atoms with Gasteiger partial charge in [-0.25, -0.2) is 0 Å². The average molecular weight is 242 g/mol. The second-order valence-corrected chi connectivity index (χ2v) is 4.87. The van der Waals surface area contributed by atoms with Crippen LogP contribution in [-0.2, 0) is 14.3 Å². The van der Waals surface area contributed by atoms with E-state index in [1.807, 2.05) is 13.8 Å². The molecule has 1 rings (SSSR count). The van der Waals surface area contributed by atoms with Crippen LogP contribution in [0, 0.1) is 11.8 Å². The van der Waals surface area contributed by atoms with E-state index in [4.69, 9.17) is 9.84 Å². The summed E-state index contributed by atoms with van der Waals surface area (Å²) in [7, 11) is 0. The van der Waals surface area contributed by atoms with Crippen molar-refractivity contribution in [2.75, 3.05) is 0 Å². The number of hydrogen-bond donors (Lipinski definition) is 1. The van der Waals surface area contributed by atoms with Crippen molar-refractivity contribution >= 4 is 11.9 Å². The number of carbonyl (C=O) groups excluding carboxylic acids is 1. The molecule has 0 radical (unpaired) electrons. The highest BCUT2D eigenvalue weighted by molar-refractivity contribution is 5.81. The van der Waals surface area contributed by atoms with E-state index in [-0.39, 0.29) is 12.1 Å². The molecule has 0 aromatic heterocycles. The fraction of sp³-hybridized carbons (Fsp3) is 0.846. The molecule has 1 N–H and O–H groups in total. The van der Waals surface area contributed by atoms with E-state index in [0.29, 0.717) is 12.8 Å². The summed E-state index contributed by atoms with van der Waals surface area (Å²) in [5, 5.41) is 9.09. The summed E-state index contributed by atoms with van der Waals surface area (Å²) >= 11 is 0. The van der Waals surface area contributed by atoms with E-state index >= 15 is 0 Å². The second-order valence-electron chi connectivity index (χ2n) is 4.87. The fourth-order valence-electron chi connectivity index (χ4n) is 2.46. The number of aliphatic carboxylic acids is 1. The summed E-state index contributed by atoms with van der Waals surface area (Å²) in [5.41, 5.74) is 0. The summed E-state index contributed by atoms with van der Waals surface area (Å²) in [6, 6.07) is 0. The van der Waals surface area contributed by atoms with E-state index in [2.05, 4.69) is 0 Å². The van der Waals surface area contributed by atoms with Crippen LogP contribution in [0.5, 0.6) is 0 Å². The number of carboxylic acids is 1. The molecule has 0 bridgehead atoms. The minimum atomic E-state index is -0.866. The SMILES string of the molecule is CCCC(C)OC(=O)[C@@H]1CCCC[C@H]1C(=O)O. The van der Waals surface area contributed by atoms with Gasteiger partial charge in [0.1, 0.15) is 0 Å². The summed E-state index contributed by atoms with van der Waals surface area (Å²) in [6.07, 6.45) is 4.74. The third-order valence-corrected chi connectivity index (χ3v) is 3.40. The monoisotopic (exact) mass is 242 g/mol. The quantitative estimate of drug-likeness (QED) is 0.753. The van der Waals surface area contributed by atoms with E-state index < -0.39 is 17.8 Å². The Hall–Kier alpha value is -1.06. The molecule has 1 unspecified atom stereocenters. The van der Waals surface area contributed by atoms with Gasteiger partial charge in [-0.15, -0.1) is 0 Å². The van der Waals surface area contributed by atoms with Gasteiger partial charge < -0.3 is 9.84 Å². The van der Waals surface area contributed by atoms with Gasteiger partial charge in [-0.2, -0.15) is 0 Å². The summed E-state index contributed by atoms with van der Waals surface area (Å²) in [5.74, 6) is -2.18. The number of esters is 1. The highest BCUT2D eigenvalue weighted by atomic mass is 16.5. The van der Waals surface area contributed by atoms with Gasteiger partial charge in [-0.3, -0.25) is 9.59 Å². The Morgan fingerprint density at radius 2 is 1.88 bits per heavy atom. The van der Waals surface area contributed by atoms with Crippen molar-refractivity contribution in [2.24, 2.45) is 11.8 Å². The lowest BCUT2D eigenvalue weighted by molar-refractivity contribution is -0.163. The largest absolute Gasteiger partial charge is 0.481 e. The molecule has 0 saturated heterocycles. The summed E-state index contributed by atoms with van der Waals surface area (Å²) < 4.78 is 5.31. The molecule has 0 aromatic carbocycles. The number of carboxylic acid groups (broad SMARTS) is 1. The highest BCUT2D eigenvalue weighted by Crippen LogP contribution is 2.31. The van der Waals surface area contributed by atoms with Crippen molar-refractivity contribution < 1.29 is 19.4 Å². The maximum Gasteiger partial charge on any atom is 0.310 e. The molecule has 3 atom stereocenters. The first-order valence-corrected chi connectivity index (χ1v) is 6.49. The maximum absolute atomic E-state index is 11.9. The minimum Gasteiger partial charge on any atom is -0.481 e. The first-order valence-electron chi connectivity index (χ1n) is 6.49. The Balaban J connectivity index is 2.56. The predicted octanol–water partition coefficient (Wildman–Crippen LogP) is 2.61. The third-order valence-electron chi connectivity index (χ3n) is 3.40. The lowest BCUT2D eigenvalue weighted by Crippen LogP contribution is -2.35. The molecule has 17 heavy (non-hydrogen) atoms. The van der Waals surface area contributed by atoms with Gasteiger partial charge in [0.25, 0.3) is 0 Å². The molecule has 1 aliphatic rings. The van der Waals surface area contributed by atoms with Crippen molar-refractivity contribution in [2.45, 2.75) is 58.5 Å². The maximum atomic E-state index is 11.9. The molecule has 1 fully saturated rings. The molecule has 98 valence electrons. The zero-order valence-electron chi connectivity index (χ0n) is 10.6. The van der Waals surface area contributed by atoms with Crippen molar-refractivity contribution in [1.82, 2.24) is 0 Å². The molecule has 0 amide bonds. The standard InChI is InChI=1S/C13H22O4/c1-3-6-9(2)17-13(16)11-8-5-4-7-10(11)12(14)15/h9-11H,3-8H2,1-2H3,(H,14,15)/t9?,10-,11-/m1/s1. The van der Waals surface area contributed by atoms with Gasteiger partial charge in [0, 0.05) is 0 Å². The van der Waals surface area contributed by atoms with Crippen molar-refractivity contribution in [3.05, 3.63) is 0 Å². The molecule has 1 aliphatic carbocycles. The summed E-state index contributed by atoms with van der Waals surface area (Å²) in [6.45, 7) is 3.89. The predicted molar refractivity (Wildman–Crippen MR) is 63.5 cm³/mol. The Morgan fingerprint density at radius 1 is 1.29 bits per heavy atom. The second kappa shape index (κ2) is 6.62. The molecule has 0 spiro atoms. The Labute approximate surface area is 102 Å². The van der Waals surface area contributed by atoms with Crippen LogP contribution >= 0.6 is 0 Å². The van der Waals surface area contributed by atoms with Crippen molar-refractivity contribution in [3.63, 3.8) is 0 Å². The zero-order valence-corrected chi connectivity index (χ0v) is 10.6. The first-order chi connectivity index (χ1) is 8.06. The lowest BCUT2D eigenvalue weighted by Gasteiger charge is -2.27. The number of ether oxygens (including phenoxy) is 1. The van der Waals surface area contributed by atoms with Crippen molar-refractivity contribution in [1.29, 1.82) is 0 Å². The van der Waals surface area contributed by atoms with Crippen LogP contribution in [0.1, 0.15) is 52.4 Å². The normalized spacial score (nSPS) is 26.2. The average Bonchev–Trinajstić information content (AvgIpc) is 2.29. The highest BCUT2D eigenvalue weighted by Gasteiger charge is 2.37. The van der Waals surface area contributed by atoms with E-state index in [9.17, 15) is 9.59 Å². The van der Waals surface area contributed by atoms with Crippen LogP contribution in [0.3, 0.4) is 0 Å². The van der Waals surface area contributed by atoms with Gasteiger partial charge in [-0.05, 0) is 26.2 Å². The molecule has 0 aromatic rings. The van der Waals surface area contributed by atoms with Crippen LogP contribution in [0.2, 0.25) is 0 Å². The number of rotatable bonds is 5. The topological polar surface area (TPSA) is 63.6 Å². The van der Waals surface area contributed by atoms with Gasteiger partial charge in [0.2, 0.25) is 0 Å². The molecule has 0 heterocycles. The number of hydrogen-bond acceptors (Lipinski definition) is 3. The van der Waals surface area contributed by atoms with E-state index in [1.165, 1.54) is 0 Å². The van der Waals surface area contributed by atoms with Gasteiger partial charge in [-0.1, -0.05) is 26.2 Å². The van der Waals surface area contributed by atoms with Crippen LogP contribution in [0.4, 0.5) is 0 Å². The fourth-order valence-corrected chi connectivity index (χ4v) is 2.46. The third kappa shape index (κ3) is 4.02. The van der Waals surface area contributed by atoms with E-state index in [1.54, 1.807) is 0 Å². The van der Waals surface area contributed by atoms with E-state index in [0.717, 1.165) is 25.7 Å². The molecule has 1 saturated carbocycles. The molecule has 4 nitrogen and oxygen atoms in total. The Bertz CT molecular complexity index is 275. The van der Waals surface area contributed by atoms with Crippen LogP contribution in [0.25, 0.3) is 0 Å². The van der Waals surface area contributed by atoms with Crippen LogP contribution in [-0.4, -0.2) is 23.1 Å². The van der Waals surface area contributed by atoms with Gasteiger partial charge >= 0.3 is 11.9 Å². The Kier molecular flexibility index (Phi) is 5.45. The van der Waals surface area contributed by atoms with Gasteiger partial charge in [0.05, 0.1) is 17.9 Å². The molecular weight excluding hydrogens is 220 g/mol.